The summed E-state index contributed by atoms with van der Waals surface area (Å²) in [4.78, 5) is 40.2. The van der Waals surface area contributed by atoms with Crippen LogP contribution in [0.25, 0.3) is 0 Å². The number of nitrogens with one attached hydrogen (secondary N) is 3. The van der Waals surface area contributed by atoms with E-state index >= 15 is 0 Å². The van der Waals surface area contributed by atoms with E-state index in [9.17, 15) is 19.5 Å². The zero-order valence-corrected chi connectivity index (χ0v) is 23.8. The number of piperidine rings is 1. The third kappa shape index (κ3) is 9.09. The zero-order valence-electron chi connectivity index (χ0n) is 23.8. The normalized spacial score (nSPS) is 23.7. The fraction of sp³-hybridized carbons (Fsp3) is 0.700. The zero-order chi connectivity index (χ0) is 27.9. The number of carbonyl (C=O) groups is 3. The van der Waals surface area contributed by atoms with Crippen LogP contribution < -0.4 is 16.0 Å². The largest absolute Gasteiger partial charge is 0.390 e. The molecule has 0 spiro atoms. The number of likely N-dealkylation sites (tertiary alicyclic amines) is 1. The Bertz CT molecular complexity index is 930. The standard InChI is InChI=1S/C30H48N4O4/c1-20(2)28(37)31-17-27(36)32-24(15-21-11-7-6-8-12-21)26(35)19-34-18-23-14-10-9-13-22(23)16-25(34)29(38)33-30(3,4)5/h6-8,11-12,20,22-26,35H,9-10,13-19H2,1-5H3,(H,31,37)(H,32,36)(H,33,38). The number of nitrogens with zero attached hydrogens (tertiary/aromatic N) is 1. The summed E-state index contributed by atoms with van der Waals surface area (Å²) < 4.78 is 0. The Morgan fingerprint density at radius 2 is 1.71 bits per heavy atom. The molecule has 0 radical (unpaired) electrons. The van der Waals surface area contributed by atoms with Crippen molar-refractivity contribution < 1.29 is 19.5 Å². The minimum absolute atomic E-state index is 0.00812. The highest BCUT2D eigenvalue weighted by Gasteiger charge is 2.41. The number of β-amino-alcohol motifs (C(OH)–C–C–N with tert-alkyl or cyclic N) is 1. The molecule has 0 aromatic heterocycles. The van der Waals surface area contributed by atoms with Gasteiger partial charge in [-0.05, 0) is 57.4 Å². The SMILES string of the molecule is CC(C)C(=O)NCC(=O)NC(Cc1ccccc1)C(O)CN1CC2CCCCC2CC1C(=O)NC(C)(C)C. The van der Waals surface area contributed by atoms with Crippen molar-refractivity contribution in [3.8, 4) is 0 Å². The van der Waals surface area contributed by atoms with Crippen molar-refractivity contribution in [2.75, 3.05) is 19.6 Å². The first kappa shape index (κ1) is 30.1. The van der Waals surface area contributed by atoms with Gasteiger partial charge in [-0.15, -0.1) is 0 Å². The molecule has 3 rings (SSSR count). The summed E-state index contributed by atoms with van der Waals surface area (Å²) >= 11 is 0. The van der Waals surface area contributed by atoms with E-state index in [0.29, 0.717) is 24.8 Å². The molecule has 2 fully saturated rings. The van der Waals surface area contributed by atoms with E-state index in [1.165, 1.54) is 12.8 Å². The number of aliphatic hydroxyl groups is 1. The van der Waals surface area contributed by atoms with Crippen LogP contribution in [0, 0.1) is 17.8 Å². The fourth-order valence-corrected chi connectivity index (χ4v) is 5.78. The summed E-state index contributed by atoms with van der Waals surface area (Å²) in [5.74, 6) is 0.330. The lowest BCUT2D eigenvalue weighted by atomic mass is 9.72. The molecule has 8 heteroatoms. The Balaban J connectivity index is 1.75. The van der Waals surface area contributed by atoms with Crippen LogP contribution in [0.5, 0.6) is 0 Å². The van der Waals surface area contributed by atoms with E-state index in [1.54, 1.807) is 13.8 Å². The first-order valence-corrected chi connectivity index (χ1v) is 14.3. The number of hydrogen-bond donors (Lipinski definition) is 4. The number of rotatable bonds is 10. The van der Waals surface area contributed by atoms with Gasteiger partial charge in [0, 0.05) is 24.5 Å². The summed E-state index contributed by atoms with van der Waals surface area (Å²) in [6, 6.07) is 8.88. The van der Waals surface area contributed by atoms with Gasteiger partial charge in [-0.25, -0.2) is 0 Å². The molecule has 38 heavy (non-hydrogen) atoms. The van der Waals surface area contributed by atoms with Gasteiger partial charge in [0.2, 0.25) is 17.7 Å². The number of amides is 3. The molecule has 1 aromatic carbocycles. The molecule has 2 aliphatic rings. The first-order chi connectivity index (χ1) is 17.9. The second-order valence-electron chi connectivity index (χ2n) is 12.6. The van der Waals surface area contributed by atoms with Crippen molar-refractivity contribution in [1.82, 2.24) is 20.9 Å². The van der Waals surface area contributed by atoms with Crippen LogP contribution in [-0.2, 0) is 20.8 Å². The van der Waals surface area contributed by atoms with Crippen LogP contribution in [0.3, 0.4) is 0 Å². The third-order valence-electron chi connectivity index (χ3n) is 7.78. The van der Waals surface area contributed by atoms with Crippen LogP contribution in [0.2, 0.25) is 0 Å². The lowest BCUT2D eigenvalue weighted by molar-refractivity contribution is -0.133. The number of benzene rings is 1. The van der Waals surface area contributed by atoms with Crippen LogP contribution in [0.4, 0.5) is 0 Å². The third-order valence-corrected chi connectivity index (χ3v) is 7.78. The Morgan fingerprint density at radius 3 is 2.34 bits per heavy atom. The Hall–Kier alpha value is -2.45. The van der Waals surface area contributed by atoms with Gasteiger partial charge in [-0.1, -0.05) is 63.4 Å². The second kappa shape index (κ2) is 13.6. The van der Waals surface area contributed by atoms with Gasteiger partial charge < -0.3 is 21.1 Å². The van der Waals surface area contributed by atoms with Crippen LogP contribution >= 0.6 is 0 Å². The number of fused-ring (bicyclic) bond motifs is 1. The number of carbonyl (C=O) groups excluding carboxylic acids is 3. The fourth-order valence-electron chi connectivity index (χ4n) is 5.78. The lowest BCUT2D eigenvalue weighted by Gasteiger charge is -2.47. The molecule has 1 aliphatic heterocycles. The van der Waals surface area contributed by atoms with Gasteiger partial charge in [0.25, 0.3) is 0 Å². The highest BCUT2D eigenvalue weighted by molar-refractivity contribution is 5.85. The predicted molar refractivity (Wildman–Crippen MR) is 149 cm³/mol. The Labute approximate surface area is 228 Å². The van der Waals surface area contributed by atoms with Gasteiger partial charge in [0.15, 0.2) is 0 Å². The number of hydrogen-bond acceptors (Lipinski definition) is 5. The minimum Gasteiger partial charge on any atom is -0.390 e. The topological polar surface area (TPSA) is 111 Å². The molecule has 3 amide bonds. The van der Waals surface area contributed by atoms with E-state index in [1.807, 2.05) is 51.1 Å². The quantitative estimate of drug-likeness (QED) is 0.373. The Morgan fingerprint density at radius 1 is 1.05 bits per heavy atom. The van der Waals surface area contributed by atoms with Gasteiger partial charge in [-0.3, -0.25) is 19.3 Å². The van der Waals surface area contributed by atoms with Crippen LogP contribution in [0.15, 0.2) is 30.3 Å². The van der Waals surface area contributed by atoms with E-state index < -0.39 is 12.1 Å². The molecule has 1 saturated heterocycles. The van der Waals surface area contributed by atoms with Gasteiger partial charge in [0.1, 0.15) is 0 Å². The van der Waals surface area contributed by atoms with Gasteiger partial charge in [0.05, 0.1) is 24.7 Å². The molecule has 1 aromatic rings. The summed E-state index contributed by atoms with van der Waals surface area (Å²) in [5, 5.41) is 20.2. The highest BCUT2D eigenvalue weighted by atomic mass is 16.3. The maximum Gasteiger partial charge on any atom is 0.239 e. The smallest absolute Gasteiger partial charge is 0.239 e. The van der Waals surface area contributed by atoms with Crippen molar-refractivity contribution in [1.29, 1.82) is 0 Å². The molecule has 1 saturated carbocycles. The molecule has 5 unspecified atom stereocenters. The molecule has 4 N–H and O–H groups in total. The summed E-state index contributed by atoms with van der Waals surface area (Å²) in [7, 11) is 0. The summed E-state index contributed by atoms with van der Waals surface area (Å²) in [6.07, 6.45) is 5.12. The monoisotopic (exact) mass is 528 g/mol. The molecule has 5 atom stereocenters. The average molecular weight is 529 g/mol. The minimum atomic E-state index is -0.884. The summed E-state index contributed by atoms with van der Waals surface area (Å²) in [6.45, 7) is 10.4. The molecule has 1 heterocycles. The lowest BCUT2D eigenvalue weighted by Crippen LogP contribution is -2.60. The number of aliphatic hydroxyl groups excluding tert-OH is 1. The van der Waals surface area contributed by atoms with Crippen molar-refractivity contribution in [2.24, 2.45) is 17.8 Å². The van der Waals surface area contributed by atoms with E-state index in [4.69, 9.17) is 0 Å². The molecule has 8 nitrogen and oxygen atoms in total. The maximum absolute atomic E-state index is 13.4. The van der Waals surface area contributed by atoms with Gasteiger partial charge >= 0.3 is 0 Å². The van der Waals surface area contributed by atoms with Crippen LogP contribution in [0.1, 0.15) is 72.3 Å². The second-order valence-corrected chi connectivity index (χ2v) is 12.6. The van der Waals surface area contributed by atoms with Crippen molar-refractivity contribution >= 4 is 17.7 Å². The average Bonchev–Trinajstić information content (AvgIpc) is 2.85. The van der Waals surface area contributed by atoms with Crippen LogP contribution in [-0.4, -0.2) is 71.1 Å². The predicted octanol–water partition coefficient (Wildman–Crippen LogP) is 2.64. The van der Waals surface area contributed by atoms with Crippen molar-refractivity contribution in [2.45, 2.75) is 96.9 Å². The molecule has 212 valence electrons. The summed E-state index contributed by atoms with van der Waals surface area (Å²) in [5.41, 5.74) is 0.658. The maximum atomic E-state index is 13.4. The molecular weight excluding hydrogens is 480 g/mol. The molecule has 0 bridgehead atoms. The van der Waals surface area contributed by atoms with E-state index in [2.05, 4.69) is 20.9 Å². The van der Waals surface area contributed by atoms with Gasteiger partial charge in [-0.2, -0.15) is 0 Å². The van der Waals surface area contributed by atoms with Crippen molar-refractivity contribution in [3.05, 3.63) is 35.9 Å². The van der Waals surface area contributed by atoms with E-state index in [0.717, 1.165) is 31.4 Å². The van der Waals surface area contributed by atoms with E-state index in [-0.39, 0.29) is 41.8 Å². The highest BCUT2D eigenvalue weighted by Crippen LogP contribution is 2.38. The van der Waals surface area contributed by atoms with Crippen molar-refractivity contribution in [3.63, 3.8) is 0 Å². The Kier molecular flexibility index (Phi) is 10.7. The molecule has 1 aliphatic carbocycles. The first-order valence-electron chi connectivity index (χ1n) is 14.3. The molecular formula is C30H48N4O4.